The second kappa shape index (κ2) is 13.0. The van der Waals surface area contributed by atoms with Crippen molar-refractivity contribution in [2.45, 2.75) is 20.8 Å². The minimum absolute atomic E-state index is 0.250. The summed E-state index contributed by atoms with van der Waals surface area (Å²) in [6, 6.07) is 0. The number of hydrogen-bond acceptors (Lipinski definition) is 4. The van der Waals surface area contributed by atoms with E-state index in [1.807, 2.05) is 6.92 Å². The van der Waals surface area contributed by atoms with Gasteiger partial charge in [-0.2, -0.15) is 0 Å². The lowest BCUT2D eigenvalue weighted by atomic mass is 10.7. The molecule has 0 heterocycles. The SMILES string of the molecule is CCO.CCOCCOC(C)=O. The number of aliphatic hydroxyl groups is 1. The maximum Gasteiger partial charge on any atom is 0.302 e. The van der Waals surface area contributed by atoms with Gasteiger partial charge in [-0.3, -0.25) is 4.79 Å². The van der Waals surface area contributed by atoms with Gasteiger partial charge in [0.25, 0.3) is 0 Å². The first-order valence-corrected chi connectivity index (χ1v) is 4.00. The molecule has 0 saturated heterocycles. The molecular formula is C8H18O4. The highest BCUT2D eigenvalue weighted by atomic mass is 16.6. The Morgan fingerprint density at radius 1 is 1.33 bits per heavy atom. The van der Waals surface area contributed by atoms with E-state index in [4.69, 9.17) is 9.84 Å². The van der Waals surface area contributed by atoms with E-state index in [2.05, 4.69) is 4.74 Å². The molecule has 12 heavy (non-hydrogen) atoms. The van der Waals surface area contributed by atoms with Gasteiger partial charge in [0.1, 0.15) is 6.61 Å². The van der Waals surface area contributed by atoms with Crippen molar-refractivity contribution in [2.24, 2.45) is 0 Å². The Balaban J connectivity index is 0. The predicted octanol–water partition coefficient (Wildman–Crippen LogP) is 0.585. The minimum Gasteiger partial charge on any atom is -0.463 e. The van der Waals surface area contributed by atoms with Crippen LogP contribution in [0.15, 0.2) is 0 Å². The van der Waals surface area contributed by atoms with E-state index in [0.717, 1.165) is 0 Å². The van der Waals surface area contributed by atoms with Crippen LogP contribution in [0.4, 0.5) is 0 Å². The summed E-state index contributed by atoms with van der Waals surface area (Å²) >= 11 is 0. The Morgan fingerprint density at radius 2 is 1.83 bits per heavy atom. The predicted molar refractivity (Wildman–Crippen MR) is 45.9 cm³/mol. The van der Waals surface area contributed by atoms with E-state index in [-0.39, 0.29) is 12.6 Å². The zero-order valence-corrected chi connectivity index (χ0v) is 8.00. The van der Waals surface area contributed by atoms with Crippen molar-refractivity contribution in [1.82, 2.24) is 0 Å². The standard InChI is InChI=1S/C6H12O3.C2H6O/c1-3-8-4-5-9-6(2)7;1-2-3/h3-5H2,1-2H3;3H,2H2,1H3. The summed E-state index contributed by atoms with van der Waals surface area (Å²) in [5.41, 5.74) is 0. The van der Waals surface area contributed by atoms with Crippen molar-refractivity contribution < 1.29 is 19.4 Å². The van der Waals surface area contributed by atoms with E-state index in [0.29, 0.717) is 19.8 Å². The molecule has 0 aromatic heterocycles. The van der Waals surface area contributed by atoms with Gasteiger partial charge in [-0.05, 0) is 13.8 Å². The molecule has 0 unspecified atom stereocenters. The highest BCUT2D eigenvalue weighted by Gasteiger charge is 1.89. The first-order valence-electron chi connectivity index (χ1n) is 4.00. The number of rotatable bonds is 4. The van der Waals surface area contributed by atoms with Gasteiger partial charge in [0.05, 0.1) is 6.61 Å². The molecule has 0 aliphatic heterocycles. The summed E-state index contributed by atoms with van der Waals surface area (Å²) in [7, 11) is 0. The van der Waals surface area contributed by atoms with Crippen LogP contribution in [-0.4, -0.2) is 37.5 Å². The molecule has 0 atom stereocenters. The lowest BCUT2D eigenvalue weighted by Crippen LogP contribution is -2.06. The van der Waals surface area contributed by atoms with Gasteiger partial charge >= 0.3 is 5.97 Å². The number of aliphatic hydroxyl groups excluding tert-OH is 1. The first kappa shape index (κ1) is 13.9. The van der Waals surface area contributed by atoms with E-state index >= 15 is 0 Å². The van der Waals surface area contributed by atoms with Crippen LogP contribution in [0.3, 0.4) is 0 Å². The number of ether oxygens (including phenoxy) is 2. The summed E-state index contributed by atoms with van der Waals surface area (Å²) in [5, 5.41) is 7.57. The molecule has 4 nitrogen and oxygen atoms in total. The van der Waals surface area contributed by atoms with Crippen molar-refractivity contribution in [2.75, 3.05) is 26.4 Å². The molecular weight excluding hydrogens is 160 g/mol. The highest BCUT2D eigenvalue weighted by molar-refractivity contribution is 5.65. The molecule has 74 valence electrons. The number of esters is 1. The molecule has 1 N–H and O–H groups in total. The molecule has 0 aliphatic rings. The number of carbonyl (C=O) groups excluding carboxylic acids is 1. The molecule has 0 radical (unpaired) electrons. The summed E-state index contributed by atoms with van der Waals surface area (Å²) < 4.78 is 9.49. The second-order valence-corrected chi connectivity index (χ2v) is 1.85. The van der Waals surface area contributed by atoms with Crippen LogP contribution in [0, 0.1) is 0 Å². The van der Waals surface area contributed by atoms with Gasteiger partial charge in [0, 0.05) is 20.1 Å². The van der Waals surface area contributed by atoms with Crippen molar-refractivity contribution in [3.05, 3.63) is 0 Å². The molecule has 0 saturated carbocycles. The third-order valence-corrected chi connectivity index (χ3v) is 0.737. The van der Waals surface area contributed by atoms with Crippen LogP contribution in [0.2, 0.25) is 0 Å². The molecule has 0 bridgehead atoms. The third kappa shape index (κ3) is 22.8. The quantitative estimate of drug-likeness (QED) is 0.505. The van der Waals surface area contributed by atoms with Gasteiger partial charge in [-0.25, -0.2) is 0 Å². The molecule has 0 aromatic carbocycles. The Hall–Kier alpha value is -0.610. The van der Waals surface area contributed by atoms with E-state index < -0.39 is 0 Å². The maximum absolute atomic E-state index is 10.1. The van der Waals surface area contributed by atoms with Crippen molar-refractivity contribution in [3.8, 4) is 0 Å². The normalized spacial score (nSPS) is 8.33. The van der Waals surface area contributed by atoms with Crippen molar-refractivity contribution >= 4 is 5.97 Å². The topological polar surface area (TPSA) is 55.8 Å². The molecule has 0 spiro atoms. The molecule has 0 aliphatic carbocycles. The fourth-order valence-electron chi connectivity index (χ4n) is 0.389. The summed E-state index contributed by atoms with van der Waals surface area (Å²) in [4.78, 5) is 10.1. The fourth-order valence-corrected chi connectivity index (χ4v) is 0.389. The lowest BCUT2D eigenvalue weighted by Gasteiger charge is -1.99. The smallest absolute Gasteiger partial charge is 0.302 e. The Bertz CT molecular complexity index is 93.1. The monoisotopic (exact) mass is 178 g/mol. The summed E-state index contributed by atoms with van der Waals surface area (Å²) in [6.45, 7) is 6.74. The van der Waals surface area contributed by atoms with Crippen LogP contribution >= 0.6 is 0 Å². The van der Waals surface area contributed by atoms with Crippen LogP contribution in [0.1, 0.15) is 20.8 Å². The molecule has 0 amide bonds. The molecule has 0 aromatic rings. The average Bonchev–Trinajstić information content (AvgIpc) is 1.99. The van der Waals surface area contributed by atoms with E-state index in [1.165, 1.54) is 6.92 Å². The zero-order valence-electron chi connectivity index (χ0n) is 8.00. The van der Waals surface area contributed by atoms with Crippen LogP contribution in [-0.2, 0) is 14.3 Å². The Morgan fingerprint density at radius 3 is 2.17 bits per heavy atom. The summed E-state index contributed by atoms with van der Waals surface area (Å²) in [6.07, 6.45) is 0. The molecule has 4 heteroatoms. The van der Waals surface area contributed by atoms with Crippen LogP contribution in [0.25, 0.3) is 0 Å². The van der Waals surface area contributed by atoms with Crippen LogP contribution < -0.4 is 0 Å². The molecule has 0 fully saturated rings. The minimum atomic E-state index is -0.255. The zero-order chi connectivity index (χ0) is 9.82. The van der Waals surface area contributed by atoms with Gasteiger partial charge in [0.2, 0.25) is 0 Å². The highest BCUT2D eigenvalue weighted by Crippen LogP contribution is 1.77. The number of hydrogen-bond donors (Lipinski definition) is 1. The number of carbonyl (C=O) groups is 1. The van der Waals surface area contributed by atoms with Gasteiger partial charge in [-0.15, -0.1) is 0 Å². The molecule has 0 rings (SSSR count). The Kier molecular flexibility index (Phi) is 15.1. The maximum atomic E-state index is 10.1. The van der Waals surface area contributed by atoms with Crippen LogP contribution in [0.5, 0.6) is 0 Å². The fraction of sp³-hybridized carbons (Fsp3) is 0.875. The largest absolute Gasteiger partial charge is 0.463 e. The lowest BCUT2D eigenvalue weighted by molar-refractivity contribution is -0.142. The van der Waals surface area contributed by atoms with E-state index in [1.54, 1.807) is 6.92 Å². The average molecular weight is 178 g/mol. The van der Waals surface area contributed by atoms with Gasteiger partial charge in [0.15, 0.2) is 0 Å². The van der Waals surface area contributed by atoms with Gasteiger partial charge in [-0.1, -0.05) is 0 Å². The Labute approximate surface area is 73.5 Å². The summed E-state index contributed by atoms with van der Waals surface area (Å²) in [5.74, 6) is -0.255. The van der Waals surface area contributed by atoms with Crippen molar-refractivity contribution in [3.63, 3.8) is 0 Å². The second-order valence-electron chi connectivity index (χ2n) is 1.85. The van der Waals surface area contributed by atoms with Gasteiger partial charge < -0.3 is 14.6 Å². The van der Waals surface area contributed by atoms with Crippen molar-refractivity contribution in [1.29, 1.82) is 0 Å². The first-order chi connectivity index (χ1) is 5.68. The third-order valence-electron chi connectivity index (χ3n) is 0.737. The van der Waals surface area contributed by atoms with E-state index in [9.17, 15) is 4.79 Å².